The molecule has 0 aliphatic carbocycles. The minimum Gasteiger partial charge on any atom is -0.478 e. The highest BCUT2D eigenvalue weighted by molar-refractivity contribution is 5.90. The lowest BCUT2D eigenvalue weighted by atomic mass is 10.00. The fourth-order valence-corrected chi connectivity index (χ4v) is 2.02. The molecule has 0 saturated carbocycles. The second-order valence-corrected chi connectivity index (χ2v) is 5.17. The Labute approximate surface area is 126 Å². The van der Waals surface area contributed by atoms with Crippen molar-refractivity contribution >= 4 is 11.9 Å². The van der Waals surface area contributed by atoms with E-state index in [0.717, 1.165) is 0 Å². The van der Waals surface area contributed by atoms with Crippen molar-refractivity contribution in [2.24, 2.45) is 0 Å². The number of aromatic nitrogens is 2. The van der Waals surface area contributed by atoms with E-state index < -0.39 is 17.3 Å². The van der Waals surface area contributed by atoms with Crippen LogP contribution in [0.2, 0.25) is 0 Å². The maximum absolute atomic E-state index is 13.6. The summed E-state index contributed by atoms with van der Waals surface area (Å²) in [5.74, 6) is -2.21. The van der Waals surface area contributed by atoms with Gasteiger partial charge in [-0.25, -0.2) is 9.18 Å². The molecule has 2 aromatic rings. The molecule has 1 aromatic carbocycles. The molecule has 7 heteroatoms. The average Bonchev–Trinajstić information content (AvgIpc) is 2.86. The summed E-state index contributed by atoms with van der Waals surface area (Å²) in [5, 5.41) is 13.1. The number of hydrogen-bond donors (Lipinski definition) is 1. The SMILES string of the molecule is Cc1cc(F)c(C(=O)O)cc1-c1cnn(CC(=O)N(C)C)c1. The average molecular weight is 305 g/mol. The van der Waals surface area contributed by atoms with Gasteiger partial charge < -0.3 is 10.0 Å². The molecule has 0 aliphatic heterocycles. The number of carbonyl (C=O) groups is 2. The van der Waals surface area contributed by atoms with Gasteiger partial charge in [-0.3, -0.25) is 9.48 Å². The van der Waals surface area contributed by atoms with Crippen molar-refractivity contribution in [2.75, 3.05) is 14.1 Å². The Morgan fingerprint density at radius 1 is 1.36 bits per heavy atom. The number of carbonyl (C=O) groups excluding carboxylic acids is 1. The summed E-state index contributed by atoms with van der Waals surface area (Å²) >= 11 is 0. The molecular weight excluding hydrogens is 289 g/mol. The molecule has 0 spiro atoms. The predicted molar refractivity (Wildman–Crippen MR) is 78.0 cm³/mol. The first-order valence-electron chi connectivity index (χ1n) is 6.56. The highest BCUT2D eigenvalue weighted by Gasteiger charge is 2.15. The van der Waals surface area contributed by atoms with Gasteiger partial charge in [0.1, 0.15) is 12.4 Å². The molecule has 6 nitrogen and oxygen atoms in total. The van der Waals surface area contributed by atoms with Crippen LogP contribution in [0.15, 0.2) is 24.5 Å². The Balaban J connectivity index is 2.37. The van der Waals surface area contributed by atoms with Gasteiger partial charge in [-0.05, 0) is 30.2 Å². The van der Waals surface area contributed by atoms with Gasteiger partial charge in [0, 0.05) is 25.9 Å². The number of hydrogen-bond acceptors (Lipinski definition) is 3. The Hall–Kier alpha value is -2.70. The highest BCUT2D eigenvalue weighted by atomic mass is 19.1. The molecule has 1 N–H and O–H groups in total. The molecule has 2 rings (SSSR count). The van der Waals surface area contributed by atoms with E-state index in [1.807, 2.05) is 0 Å². The Morgan fingerprint density at radius 3 is 2.64 bits per heavy atom. The lowest BCUT2D eigenvalue weighted by molar-refractivity contribution is -0.129. The lowest BCUT2D eigenvalue weighted by Crippen LogP contribution is -2.26. The van der Waals surface area contributed by atoms with E-state index >= 15 is 0 Å². The lowest BCUT2D eigenvalue weighted by Gasteiger charge is -2.09. The third-order valence-corrected chi connectivity index (χ3v) is 3.28. The topological polar surface area (TPSA) is 75.4 Å². The molecule has 1 amide bonds. The van der Waals surface area contributed by atoms with E-state index in [-0.39, 0.29) is 12.5 Å². The fraction of sp³-hybridized carbons (Fsp3) is 0.267. The molecule has 22 heavy (non-hydrogen) atoms. The fourth-order valence-electron chi connectivity index (χ4n) is 2.02. The molecule has 0 atom stereocenters. The molecule has 1 aromatic heterocycles. The van der Waals surface area contributed by atoms with E-state index in [1.54, 1.807) is 27.2 Å². The maximum atomic E-state index is 13.6. The summed E-state index contributed by atoms with van der Waals surface area (Å²) in [6.07, 6.45) is 3.15. The second-order valence-electron chi connectivity index (χ2n) is 5.17. The monoisotopic (exact) mass is 305 g/mol. The standard InChI is InChI=1S/C15H16FN3O3/c1-9-4-13(16)12(15(21)22)5-11(9)10-6-17-19(7-10)8-14(20)18(2)3/h4-7H,8H2,1-3H3,(H,21,22). The van der Waals surface area contributed by atoms with E-state index in [2.05, 4.69) is 5.10 Å². The third kappa shape index (κ3) is 3.13. The first-order valence-corrected chi connectivity index (χ1v) is 6.56. The molecule has 0 aliphatic rings. The molecule has 0 radical (unpaired) electrons. The Bertz CT molecular complexity index is 738. The van der Waals surface area contributed by atoms with Crippen molar-refractivity contribution in [2.45, 2.75) is 13.5 Å². The number of carboxylic acids is 1. The molecule has 0 fully saturated rings. The third-order valence-electron chi connectivity index (χ3n) is 3.28. The number of rotatable bonds is 4. The van der Waals surface area contributed by atoms with Gasteiger partial charge in [-0.15, -0.1) is 0 Å². The summed E-state index contributed by atoms with van der Waals surface area (Å²) in [6, 6.07) is 2.46. The minimum atomic E-state index is -1.33. The van der Waals surface area contributed by atoms with Crippen LogP contribution in [0.25, 0.3) is 11.1 Å². The van der Waals surface area contributed by atoms with Crippen LogP contribution in [0, 0.1) is 12.7 Å². The predicted octanol–water partition coefficient (Wildman–Crippen LogP) is 1.78. The molecule has 0 bridgehead atoms. The molecule has 116 valence electrons. The quantitative estimate of drug-likeness (QED) is 0.934. The maximum Gasteiger partial charge on any atom is 0.338 e. The summed E-state index contributed by atoms with van der Waals surface area (Å²) in [5.41, 5.74) is 1.41. The number of amides is 1. The first kappa shape index (κ1) is 15.7. The Morgan fingerprint density at radius 2 is 2.05 bits per heavy atom. The van der Waals surface area contributed by atoms with Gasteiger partial charge in [0.25, 0.3) is 0 Å². The summed E-state index contributed by atoms with van der Waals surface area (Å²) < 4.78 is 15.1. The smallest absolute Gasteiger partial charge is 0.338 e. The van der Waals surface area contributed by atoms with Gasteiger partial charge >= 0.3 is 5.97 Å². The van der Waals surface area contributed by atoms with Crippen LogP contribution in [0.5, 0.6) is 0 Å². The zero-order valence-electron chi connectivity index (χ0n) is 12.5. The normalized spacial score (nSPS) is 10.5. The molecule has 0 saturated heterocycles. The highest BCUT2D eigenvalue weighted by Crippen LogP contribution is 2.26. The number of likely N-dealkylation sites (N-methyl/N-ethyl adjacent to an activating group) is 1. The number of nitrogens with zero attached hydrogens (tertiary/aromatic N) is 3. The van der Waals surface area contributed by atoms with Crippen LogP contribution in [0.4, 0.5) is 4.39 Å². The van der Waals surface area contributed by atoms with Crippen LogP contribution >= 0.6 is 0 Å². The molecule has 0 unspecified atom stereocenters. The van der Waals surface area contributed by atoms with Gasteiger partial charge in [-0.1, -0.05) is 0 Å². The van der Waals surface area contributed by atoms with Crippen molar-refractivity contribution in [3.63, 3.8) is 0 Å². The van der Waals surface area contributed by atoms with Gasteiger partial charge in [0.2, 0.25) is 5.91 Å². The van der Waals surface area contributed by atoms with E-state index in [4.69, 9.17) is 5.11 Å². The summed E-state index contributed by atoms with van der Waals surface area (Å²) in [4.78, 5) is 24.1. The largest absolute Gasteiger partial charge is 0.478 e. The van der Waals surface area contributed by atoms with E-state index in [1.165, 1.54) is 27.9 Å². The van der Waals surface area contributed by atoms with Crippen molar-refractivity contribution in [1.82, 2.24) is 14.7 Å². The van der Waals surface area contributed by atoms with Crippen molar-refractivity contribution in [3.8, 4) is 11.1 Å². The van der Waals surface area contributed by atoms with Crippen molar-refractivity contribution < 1.29 is 19.1 Å². The number of carboxylic acid groups (broad SMARTS) is 1. The molecular formula is C15H16FN3O3. The Kier molecular flexibility index (Phi) is 4.25. The number of halogens is 1. The number of benzene rings is 1. The van der Waals surface area contributed by atoms with Crippen LogP contribution in [-0.4, -0.2) is 45.8 Å². The zero-order valence-corrected chi connectivity index (χ0v) is 12.5. The summed E-state index contributed by atoms with van der Waals surface area (Å²) in [6.45, 7) is 1.77. The van der Waals surface area contributed by atoms with Gasteiger partial charge in [0.15, 0.2) is 0 Å². The van der Waals surface area contributed by atoms with Crippen molar-refractivity contribution in [1.29, 1.82) is 0 Å². The number of aryl methyl sites for hydroxylation is 1. The first-order chi connectivity index (χ1) is 10.3. The molecule has 1 heterocycles. The van der Waals surface area contributed by atoms with E-state index in [0.29, 0.717) is 16.7 Å². The number of aromatic carboxylic acids is 1. The van der Waals surface area contributed by atoms with Crippen LogP contribution in [0.3, 0.4) is 0 Å². The van der Waals surface area contributed by atoms with Gasteiger partial charge in [0.05, 0.1) is 11.8 Å². The van der Waals surface area contributed by atoms with Crippen LogP contribution in [-0.2, 0) is 11.3 Å². The van der Waals surface area contributed by atoms with Crippen LogP contribution < -0.4 is 0 Å². The minimum absolute atomic E-state index is 0.0824. The van der Waals surface area contributed by atoms with Crippen molar-refractivity contribution in [3.05, 3.63) is 41.5 Å². The van der Waals surface area contributed by atoms with Gasteiger partial charge in [-0.2, -0.15) is 5.10 Å². The summed E-state index contributed by atoms with van der Waals surface area (Å²) in [7, 11) is 3.30. The van der Waals surface area contributed by atoms with Crippen LogP contribution in [0.1, 0.15) is 15.9 Å². The zero-order chi connectivity index (χ0) is 16.4. The van der Waals surface area contributed by atoms with E-state index in [9.17, 15) is 14.0 Å². The second kappa shape index (κ2) is 5.97.